The highest BCUT2D eigenvalue weighted by atomic mass is 32.1. The van der Waals surface area contributed by atoms with Crippen LogP contribution in [0.2, 0.25) is 0 Å². The van der Waals surface area contributed by atoms with Crippen molar-refractivity contribution in [3.8, 4) is 27.4 Å². The van der Waals surface area contributed by atoms with Crippen LogP contribution in [0.5, 0.6) is 5.75 Å². The summed E-state index contributed by atoms with van der Waals surface area (Å²) in [7, 11) is 0. The van der Waals surface area contributed by atoms with Gasteiger partial charge in [-0.1, -0.05) is 12.1 Å². The van der Waals surface area contributed by atoms with E-state index in [0.29, 0.717) is 27.3 Å². The average molecular weight is 364 g/mol. The van der Waals surface area contributed by atoms with Crippen LogP contribution in [0.1, 0.15) is 10.4 Å². The highest BCUT2D eigenvalue weighted by Gasteiger charge is 2.30. The van der Waals surface area contributed by atoms with Crippen molar-refractivity contribution in [2.24, 2.45) is 5.73 Å². The summed E-state index contributed by atoms with van der Waals surface area (Å²) in [5.41, 5.74) is 7.63. The predicted molar refractivity (Wildman–Crippen MR) is 88.2 cm³/mol. The molecule has 0 aliphatic rings. The highest BCUT2D eigenvalue weighted by molar-refractivity contribution is 7.13. The smallest absolute Gasteiger partial charge is 0.406 e. The molecule has 8 heteroatoms. The van der Waals surface area contributed by atoms with E-state index >= 15 is 0 Å². The molecular formula is C17H11F3N2O2S. The minimum Gasteiger partial charge on any atom is -0.406 e. The summed E-state index contributed by atoms with van der Waals surface area (Å²) in [4.78, 5) is 15.8. The van der Waals surface area contributed by atoms with Gasteiger partial charge in [0.1, 0.15) is 10.8 Å². The van der Waals surface area contributed by atoms with Gasteiger partial charge < -0.3 is 10.5 Å². The monoisotopic (exact) mass is 364 g/mol. The van der Waals surface area contributed by atoms with E-state index < -0.39 is 12.3 Å². The van der Waals surface area contributed by atoms with E-state index in [0.717, 1.165) is 0 Å². The molecule has 2 N–H and O–H groups in total. The lowest BCUT2D eigenvalue weighted by Crippen LogP contribution is -2.16. The van der Waals surface area contributed by atoms with Gasteiger partial charge in [-0.3, -0.25) is 4.79 Å². The molecule has 4 nitrogen and oxygen atoms in total. The number of nitrogens with two attached hydrogens (primary N) is 1. The standard InChI is InChI=1S/C17H11F3N2O2S/c18-17(19,20)24-14-3-1-10(2-4-14)11-7-12(15(21)23)9-13(8-11)16-22-5-6-25-16/h1-9H,(H2,21,23). The second-order valence-electron chi connectivity index (χ2n) is 5.07. The number of hydrogen-bond acceptors (Lipinski definition) is 4. The van der Waals surface area contributed by atoms with Gasteiger partial charge in [0.25, 0.3) is 0 Å². The zero-order chi connectivity index (χ0) is 18.0. The van der Waals surface area contributed by atoms with Gasteiger partial charge >= 0.3 is 6.36 Å². The number of primary amides is 1. The number of rotatable bonds is 4. The lowest BCUT2D eigenvalue weighted by molar-refractivity contribution is -0.274. The quantitative estimate of drug-likeness (QED) is 0.743. The molecule has 0 spiro atoms. The van der Waals surface area contributed by atoms with Crippen LogP contribution in [0.15, 0.2) is 54.0 Å². The molecule has 3 rings (SSSR count). The molecule has 0 saturated heterocycles. The Kier molecular flexibility index (Phi) is 4.45. The fraction of sp³-hybridized carbons (Fsp3) is 0.0588. The van der Waals surface area contributed by atoms with Gasteiger partial charge in [-0.05, 0) is 41.5 Å². The average Bonchev–Trinajstić information content (AvgIpc) is 3.08. The number of nitrogens with zero attached hydrogens (tertiary/aromatic N) is 1. The van der Waals surface area contributed by atoms with Crippen molar-refractivity contribution in [3.63, 3.8) is 0 Å². The predicted octanol–water partition coefficient (Wildman–Crippen LogP) is 4.47. The Morgan fingerprint density at radius 2 is 1.72 bits per heavy atom. The van der Waals surface area contributed by atoms with Crippen molar-refractivity contribution in [1.82, 2.24) is 4.98 Å². The molecule has 128 valence electrons. The van der Waals surface area contributed by atoms with Gasteiger partial charge in [0.05, 0.1) is 0 Å². The summed E-state index contributed by atoms with van der Waals surface area (Å²) >= 11 is 1.40. The Balaban J connectivity index is 2.00. The molecule has 0 aliphatic carbocycles. The molecule has 2 aromatic carbocycles. The van der Waals surface area contributed by atoms with Crippen molar-refractivity contribution in [2.45, 2.75) is 6.36 Å². The first-order chi connectivity index (χ1) is 11.8. The van der Waals surface area contributed by atoms with Gasteiger partial charge in [0.15, 0.2) is 0 Å². The maximum absolute atomic E-state index is 12.2. The number of amides is 1. The fourth-order valence-corrected chi connectivity index (χ4v) is 2.90. The van der Waals surface area contributed by atoms with Crippen LogP contribution >= 0.6 is 11.3 Å². The van der Waals surface area contributed by atoms with Crippen molar-refractivity contribution in [2.75, 3.05) is 0 Å². The second kappa shape index (κ2) is 6.56. The lowest BCUT2D eigenvalue weighted by Gasteiger charge is -2.10. The van der Waals surface area contributed by atoms with Gasteiger partial charge in [-0.15, -0.1) is 24.5 Å². The molecule has 1 aromatic heterocycles. The number of benzene rings is 2. The molecule has 0 radical (unpaired) electrons. The van der Waals surface area contributed by atoms with E-state index in [9.17, 15) is 18.0 Å². The van der Waals surface area contributed by atoms with E-state index in [-0.39, 0.29) is 5.75 Å². The van der Waals surface area contributed by atoms with E-state index in [4.69, 9.17) is 5.73 Å². The third-order valence-electron chi connectivity index (χ3n) is 3.32. The van der Waals surface area contributed by atoms with E-state index in [1.165, 1.54) is 35.6 Å². The fourth-order valence-electron chi connectivity index (χ4n) is 2.28. The SMILES string of the molecule is NC(=O)c1cc(-c2ccc(OC(F)(F)F)cc2)cc(-c2nccs2)c1. The van der Waals surface area contributed by atoms with Crippen LogP contribution in [0.3, 0.4) is 0 Å². The van der Waals surface area contributed by atoms with E-state index in [2.05, 4.69) is 9.72 Å². The van der Waals surface area contributed by atoms with Gasteiger partial charge in [0, 0.05) is 22.7 Å². The summed E-state index contributed by atoms with van der Waals surface area (Å²) in [5, 5.41) is 2.51. The first-order valence-corrected chi connectivity index (χ1v) is 7.91. The third kappa shape index (κ3) is 4.16. The number of carbonyl (C=O) groups excluding carboxylic acids is 1. The Hall–Kier alpha value is -2.87. The van der Waals surface area contributed by atoms with Crippen molar-refractivity contribution in [1.29, 1.82) is 0 Å². The molecule has 0 bridgehead atoms. The Morgan fingerprint density at radius 3 is 2.28 bits per heavy atom. The van der Waals surface area contributed by atoms with Crippen LogP contribution in [0.4, 0.5) is 13.2 Å². The molecule has 1 heterocycles. The van der Waals surface area contributed by atoms with Crippen molar-refractivity contribution < 1.29 is 22.7 Å². The maximum atomic E-state index is 12.2. The number of aromatic nitrogens is 1. The highest BCUT2D eigenvalue weighted by Crippen LogP contribution is 2.31. The Labute approximate surface area is 144 Å². The summed E-state index contributed by atoms with van der Waals surface area (Å²) < 4.78 is 40.6. The second-order valence-corrected chi connectivity index (χ2v) is 5.97. The van der Waals surface area contributed by atoms with Crippen LogP contribution in [0, 0.1) is 0 Å². The maximum Gasteiger partial charge on any atom is 0.573 e. The number of alkyl halides is 3. The molecule has 25 heavy (non-hydrogen) atoms. The Bertz CT molecular complexity index is 891. The van der Waals surface area contributed by atoms with Gasteiger partial charge in [-0.2, -0.15) is 0 Å². The molecular weight excluding hydrogens is 353 g/mol. The van der Waals surface area contributed by atoms with E-state index in [1.54, 1.807) is 29.8 Å². The number of carbonyl (C=O) groups is 1. The normalized spacial score (nSPS) is 11.3. The van der Waals surface area contributed by atoms with Crippen LogP contribution in [0.25, 0.3) is 21.7 Å². The zero-order valence-corrected chi connectivity index (χ0v) is 13.4. The molecule has 0 atom stereocenters. The topological polar surface area (TPSA) is 65.2 Å². The first kappa shape index (κ1) is 17.0. The largest absolute Gasteiger partial charge is 0.573 e. The summed E-state index contributed by atoms with van der Waals surface area (Å²) in [6, 6.07) is 10.4. The van der Waals surface area contributed by atoms with Crippen LogP contribution in [-0.2, 0) is 0 Å². The summed E-state index contributed by atoms with van der Waals surface area (Å²) in [6.45, 7) is 0. The number of thiazole rings is 1. The van der Waals surface area contributed by atoms with Gasteiger partial charge in [0.2, 0.25) is 5.91 Å². The molecule has 0 saturated carbocycles. The summed E-state index contributed by atoms with van der Waals surface area (Å²) in [6.07, 6.45) is -3.11. The molecule has 0 aliphatic heterocycles. The molecule has 0 unspecified atom stereocenters. The molecule has 0 fully saturated rings. The van der Waals surface area contributed by atoms with Crippen molar-refractivity contribution in [3.05, 3.63) is 59.6 Å². The van der Waals surface area contributed by atoms with Crippen LogP contribution < -0.4 is 10.5 Å². The Morgan fingerprint density at radius 1 is 1.04 bits per heavy atom. The minimum atomic E-state index is -4.74. The van der Waals surface area contributed by atoms with Gasteiger partial charge in [-0.25, -0.2) is 4.98 Å². The van der Waals surface area contributed by atoms with Crippen molar-refractivity contribution >= 4 is 17.2 Å². The summed E-state index contributed by atoms with van der Waals surface area (Å²) in [5.74, 6) is -0.917. The zero-order valence-electron chi connectivity index (χ0n) is 12.6. The number of halogens is 3. The third-order valence-corrected chi connectivity index (χ3v) is 4.14. The number of hydrogen-bond donors (Lipinski definition) is 1. The van der Waals surface area contributed by atoms with E-state index in [1.807, 2.05) is 0 Å². The first-order valence-electron chi connectivity index (χ1n) is 7.03. The molecule has 1 amide bonds. The van der Waals surface area contributed by atoms with Crippen LogP contribution in [-0.4, -0.2) is 17.3 Å². The lowest BCUT2D eigenvalue weighted by atomic mass is 9.99. The molecule has 3 aromatic rings. The number of ether oxygens (including phenoxy) is 1. The minimum absolute atomic E-state index is 0.290.